The Labute approximate surface area is 159 Å². The minimum absolute atomic E-state index is 0.107. The smallest absolute Gasteiger partial charge is 0.190 e. The maximum absolute atomic E-state index is 13.3. The van der Waals surface area contributed by atoms with Crippen molar-refractivity contribution in [2.24, 2.45) is 0 Å². The van der Waals surface area contributed by atoms with Crippen LogP contribution in [0.5, 0.6) is 0 Å². The lowest BCUT2D eigenvalue weighted by Gasteiger charge is -2.32. The van der Waals surface area contributed by atoms with Gasteiger partial charge in [-0.3, -0.25) is 9.59 Å². The van der Waals surface area contributed by atoms with Crippen LogP contribution in [-0.4, -0.2) is 11.6 Å². The van der Waals surface area contributed by atoms with Crippen molar-refractivity contribution in [1.82, 2.24) is 0 Å². The molecule has 3 aliphatic carbocycles. The van der Waals surface area contributed by atoms with Crippen LogP contribution in [-0.2, 0) is 11.2 Å². The van der Waals surface area contributed by atoms with Crippen molar-refractivity contribution in [2.45, 2.75) is 44.9 Å². The number of Topliss-reactive ketones (excluding diaryl/α,β-unsaturated/α-hetero) is 2. The van der Waals surface area contributed by atoms with E-state index >= 15 is 0 Å². The van der Waals surface area contributed by atoms with Crippen LogP contribution in [0, 0.1) is 0 Å². The van der Waals surface area contributed by atoms with Gasteiger partial charge in [0.05, 0.1) is 0 Å². The third kappa shape index (κ3) is 2.39. The van der Waals surface area contributed by atoms with Gasteiger partial charge in [0, 0.05) is 29.0 Å². The number of aryl methyl sites for hydroxylation is 1. The van der Waals surface area contributed by atoms with Crippen LogP contribution >= 0.6 is 0 Å². The number of allylic oxidation sites excluding steroid dienone is 4. The first-order valence-corrected chi connectivity index (χ1v) is 9.90. The van der Waals surface area contributed by atoms with E-state index in [0.29, 0.717) is 6.42 Å². The van der Waals surface area contributed by atoms with Gasteiger partial charge >= 0.3 is 0 Å². The van der Waals surface area contributed by atoms with E-state index in [2.05, 4.69) is 37.3 Å². The van der Waals surface area contributed by atoms with Crippen molar-refractivity contribution in [3.63, 3.8) is 0 Å². The van der Waals surface area contributed by atoms with Gasteiger partial charge in [-0.1, -0.05) is 61.0 Å². The molecule has 2 aromatic rings. The minimum atomic E-state index is -0.206. The number of carbonyl (C=O) groups is 2. The highest BCUT2D eigenvalue weighted by atomic mass is 16.1. The summed E-state index contributed by atoms with van der Waals surface area (Å²) in [6.45, 7) is 2.14. The molecule has 2 heteroatoms. The number of hydrogen-bond acceptors (Lipinski definition) is 2. The standard InChI is InChI=1S/C25H22O2/c1-2-15-10-12-16(13-11-15)23-22-17(6-5-9-21(22)26)14-20-18-7-3-4-8-19(18)25(27)24(20)23/h3-4,7-8,10-13,23H,2,5-6,9,14H2,1H3. The van der Waals surface area contributed by atoms with Crippen LogP contribution in [0.15, 0.2) is 65.3 Å². The number of rotatable bonds is 2. The van der Waals surface area contributed by atoms with Crippen LogP contribution in [0.4, 0.5) is 0 Å². The Hall–Kier alpha value is -2.74. The van der Waals surface area contributed by atoms with Gasteiger partial charge in [-0.25, -0.2) is 0 Å². The Bertz CT molecular complexity index is 1030. The van der Waals surface area contributed by atoms with E-state index in [0.717, 1.165) is 59.1 Å². The first-order valence-electron chi connectivity index (χ1n) is 9.90. The summed E-state index contributed by atoms with van der Waals surface area (Å²) < 4.78 is 0. The molecule has 3 aliphatic rings. The number of hydrogen-bond donors (Lipinski definition) is 0. The Morgan fingerprint density at radius 1 is 0.889 bits per heavy atom. The minimum Gasteiger partial charge on any atom is -0.295 e. The van der Waals surface area contributed by atoms with Gasteiger partial charge in [0.2, 0.25) is 0 Å². The average molecular weight is 354 g/mol. The molecule has 0 amide bonds. The van der Waals surface area contributed by atoms with E-state index in [1.165, 1.54) is 11.1 Å². The normalized spacial score (nSPS) is 21.3. The van der Waals surface area contributed by atoms with Gasteiger partial charge in [0.25, 0.3) is 0 Å². The molecule has 2 aromatic carbocycles. The highest BCUT2D eigenvalue weighted by Gasteiger charge is 2.43. The van der Waals surface area contributed by atoms with Crippen molar-refractivity contribution in [3.05, 3.63) is 87.5 Å². The lowest BCUT2D eigenvalue weighted by Crippen LogP contribution is -2.25. The monoisotopic (exact) mass is 354 g/mol. The predicted molar refractivity (Wildman–Crippen MR) is 107 cm³/mol. The molecular weight excluding hydrogens is 332 g/mol. The molecule has 0 spiro atoms. The topological polar surface area (TPSA) is 34.1 Å². The Balaban J connectivity index is 1.72. The van der Waals surface area contributed by atoms with Crippen LogP contribution in [0.2, 0.25) is 0 Å². The predicted octanol–water partition coefficient (Wildman–Crippen LogP) is 5.44. The maximum atomic E-state index is 13.3. The average Bonchev–Trinajstić information content (AvgIpc) is 2.99. The molecule has 0 saturated heterocycles. The van der Waals surface area contributed by atoms with Gasteiger partial charge in [-0.2, -0.15) is 0 Å². The molecule has 0 N–H and O–H groups in total. The molecule has 1 atom stereocenters. The van der Waals surface area contributed by atoms with Gasteiger partial charge < -0.3 is 0 Å². The van der Waals surface area contributed by atoms with Crippen LogP contribution in [0.3, 0.4) is 0 Å². The van der Waals surface area contributed by atoms with Crippen molar-refractivity contribution < 1.29 is 9.59 Å². The van der Waals surface area contributed by atoms with Crippen LogP contribution in [0.25, 0.3) is 5.57 Å². The molecule has 27 heavy (non-hydrogen) atoms. The molecule has 0 aliphatic heterocycles. The second-order valence-corrected chi connectivity index (χ2v) is 7.77. The summed E-state index contributed by atoms with van der Waals surface area (Å²) in [6, 6.07) is 16.4. The molecule has 2 nitrogen and oxygen atoms in total. The number of fused-ring (bicyclic) bond motifs is 2. The second-order valence-electron chi connectivity index (χ2n) is 7.77. The number of benzene rings is 2. The van der Waals surface area contributed by atoms with Crippen LogP contribution < -0.4 is 0 Å². The molecule has 0 radical (unpaired) electrons. The Morgan fingerprint density at radius 2 is 1.63 bits per heavy atom. The molecule has 1 unspecified atom stereocenters. The highest BCUT2D eigenvalue weighted by molar-refractivity contribution is 6.23. The SMILES string of the molecule is CCc1ccc(C2C3=C(CCCC3=O)CC3=C2C(=O)c2ccccc23)cc1. The van der Waals surface area contributed by atoms with E-state index in [1.807, 2.05) is 18.2 Å². The number of carbonyl (C=O) groups excluding carboxylic acids is 2. The summed E-state index contributed by atoms with van der Waals surface area (Å²) in [5.41, 5.74) is 8.35. The van der Waals surface area contributed by atoms with Crippen molar-refractivity contribution in [3.8, 4) is 0 Å². The quantitative estimate of drug-likeness (QED) is 0.720. The lowest BCUT2D eigenvalue weighted by atomic mass is 9.69. The molecule has 0 bridgehead atoms. The van der Waals surface area contributed by atoms with Gasteiger partial charge in [0.15, 0.2) is 11.6 Å². The van der Waals surface area contributed by atoms with E-state index < -0.39 is 0 Å². The summed E-state index contributed by atoms with van der Waals surface area (Å²) in [7, 11) is 0. The fraction of sp³-hybridized carbons (Fsp3) is 0.280. The van der Waals surface area contributed by atoms with Gasteiger partial charge in [-0.15, -0.1) is 0 Å². The summed E-state index contributed by atoms with van der Waals surface area (Å²) in [5.74, 6) is 0.133. The first-order chi connectivity index (χ1) is 13.2. The van der Waals surface area contributed by atoms with E-state index in [4.69, 9.17) is 0 Å². The molecule has 0 saturated carbocycles. The fourth-order valence-corrected chi connectivity index (χ4v) is 4.98. The lowest BCUT2D eigenvalue weighted by molar-refractivity contribution is -0.116. The molecule has 134 valence electrons. The molecule has 0 heterocycles. The van der Waals surface area contributed by atoms with E-state index in [-0.39, 0.29) is 17.5 Å². The second kappa shape index (κ2) is 6.16. The fourth-order valence-electron chi connectivity index (χ4n) is 4.98. The summed E-state index contributed by atoms with van der Waals surface area (Å²) in [4.78, 5) is 26.2. The van der Waals surface area contributed by atoms with Crippen molar-refractivity contribution in [1.29, 1.82) is 0 Å². The largest absolute Gasteiger partial charge is 0.295 e. The molecule has 0 fully saturated rings. The number of ketones is 2. The Morgan fingerprint density at radius 3 is 2.37 bits per heavy atom. The third-order valence-electron chi connectivity index (χ3n) is 6.32. The van der Waals surface area contributed by atoms with Crippen LogP contribution in [0.1, 0.15) is 65.6 Å². The van der Waals surface area contributed by atoms with Crippen molar-refractivity contribution in [2.75, 3.05) is 0 Å². The molecule has 5 rings (SSSR count). The van der Waals surface area contributed by atoms with E-state index in [1.54, 1.807) is 0 Å². The molecular formula is C25H22O2. The Kier molecular flexibility index (Phi) is 3.75. The first kappa shape index (κ1) is 16.4. The zero-order chi connectivity index (χ0) is 18.5. The zero-order valence-corrected chi connectivity index (χ0v) is 15.5. The summed E-state index contributed by atoms with van der Waals surface area (Å²) >= 11 is 0. The summed E-state index contributed by atoms with van der Waals surface area (Å²) in [5, 5.41) is 0. The maximum Gasteiger partial charge on any atom is 0.190 e. The molecule has 0 aromatic heterocycles. The van der Waals surface area contributed by atoms with Crippen molar-refractivity contribution >= 4 is 17.1 Å². The highest BCUT2D eigenvalue weighted by Crippen LogP contribution is 2.52. The third-order valence-corrected chi connectivity index (χ3v) is 6.32. The van der Waals surface area contributed by atoms with Gasteiger partial charge in [0.1, 0.15) is 0 Å². The summed E-state index contributed by atoms with van der Waals surface area (Å²) in [6.07, 6.45) is 4.24. The zero-order valence-electron chi connectivity index (χ0n) is 15.5. The van der Waals surface area contributed by atoms with E-state index in [9.17, 15) is 9.59 Å². The van der Waals surface area contributed by atoms with Gasteiger partial charge in [-0.05, 0) is 47.9 Å².